The second-order valence-electron chi connectivity index (χ2n) is 15.6. The lowest BCUT2D eigenvalue weighted by Gasteiger charge is -2.38. The molecule has 0 heterocycles. The number of hydrogen-bond donors (Lipinski definition) is 1. The maximum Gasteiger partial charge on any atom is 0.303 e. The van der Waals surface area contributed by atoms with Gasteiger partial charge in [0.1, 0.15) is 0 Å². The lowest BCUT2D eigenvalue weighted by Crippen LogP contribution is -2.48. The Hall–Kier alpha value is -2.72. The highest BCUT2D eigenvalue weighted by molar-refractivity contribution is 6.71. The van der Waals surface area contributed by atoms with Crippen molar-refractivity contribution in [3.63, 3.8) is 0 Å². The van der Waals surface area contributed by atoms with Crippen molar-refractivity contribution in [2.24, 2.45) is 0 Å². The summed E-state index contributed by atoms with van der Waals surface area (Å²) in [7, 11) is 0.0691. The number of aliphatic carboxylic acids is 1. The zero-order valence-corrected chi connectivity index (χ0v) is 35.2. The number of rotatable bonds is 25. The van der Waals surface area contributed by atoms with Gasteiger partial charge in [-0.05, 0) is 80.8 Å². The van der Waals surface area contributed by atoms with E-state index in [0.29, 0.717) is 0 Å². The fourth-order valence-corrected chi connectivity index (χ4v) is 11.5. The summed E-state index contributed by atoms with van der Waals surface area (Å²) in [5.41, 5.74) is 3.97. The third-order valence-electron chi connectivity index (χ3n) is 9.29. The van der Waals surface area contributed by atoms with Crippen molar-refractivity contribution >= 4 is 28.3 Å². The average molecular weight is 734 g/mol. The predicted molar refractivity (Wildman–Crippen MR) is 224 cm³/mol. The van der Waals surface area contributed by atoms with Crippen LogP contribution in [-0.2, 0) is 25.7 Å². The van der Waals surface area contributed by atoms with E-state index in [-0.39, 0.29) is 18.6 Å². The van der Waals surface area contributed by atoms with E-state index < -0.39 is 22.6 Å². The molecule has 2 unspecified atom stereocenters. The minimum absolute atomic E-state index is 0.104. The maximum atomic E-state index is 10.9. The minimum Gasteiger partial charge on any atom is -0.481 e. The van der Waals surface area contributed by atoms with Crippen LogP contribution in [0.4, 0.5) is 5.69 Å². The molecule has 284 valence electrons. The highest BCUT2D eigenvalue weighted by atomic mass is 28.4. The predicted octanol–water partition coefficient (Wildman–Crippen LogP) is 12.0. The number of nitrogens with zero attached hydrogens (tertiary/aromatic N) is 1. The summed E-state index contributed by atoms with van der Waals surface area (Å²) in [4.78, 5) is 13.0. The molecule has 0 aliphatic heterocycles. The van der Waals surface area contributed by atoms with Gasteiger partial charge in [-0.1, -0.05) is 150 Å². The summed E-state index contributed by atoms with van der Waals surface area (Å²) >= 11 is 0. The van der Waals surface area contributed by atoms with Crippen molar-refractivity contribution in [2.45, 2.75) is 147 Å². The van der Waals surface area contributed by atoms with E-state index in [1.807, 2.05) is 32.3 Å². The van der Waals surface area contributed by atoms with Crippen LogP contribution in [0.2, 0.25) is 26.2 Å². The molecule has 3 aromatic rings. The molecule has 5 nitrogen and oxygen atoms in total. The zero-order chi connectivity index (χ0) is 37.4. The fourth-order valence-electron chi connectivity index (χ4n) is 6.72. The first-order chi connectivity index (χ1) is 24.4. The largest absolute Gasteiger partial charge is 0.481 e. The molecule has 0 aliphatic carbocycles. The maximum absolute atomic E-state index is 10.9. The van der Waals surface area contributed by atoms with Gasteiger partial charge in [-0.15, -0.1) is 0 Å². The number of anilines is 1. The first-order valence-corrected chi connectivity index (χ1v) is 26.0. The standard InChI is InChI=1S/C36H60O4Si2.C8H11N/c1-6-7-8-9-11-20-27-34(39-41(2,3)30-32-23-16-14-17-24-32)35(28-21-12-10-13-22-29-36(37)38)40-42(4,5)31-33-25-18-15-19-26-33;1-9(2)8-6-4-3-5-7-8/h14-19,23-26,34-35H,6-13,20-22,27-31H2,1-5H3,(H,37,38);3-7H,1-2H3. The molecule has 0 bridgehead atoms. The Bertz CT molecular complexity index is 1290. The van der Waals surface area contributed by atoms with Crippen LogP contribution in [0.1, 0.15) is 108 Å². The van der Waals surface area contributed by atoms with Crippen LogP contribution in [-0.4, -0.2) is 54.0 Å². The van der Waals surface area contributed by atoms with Crippen molar-refractivity contribution in [3.8, 4) is 0 Å². The SMILES string of the molecule is CCCCCCCCC(O[Si](C)(C)Cc1ccccc1)C(CCCCCCCC(=O)O)O[Si](C)(C)Cc1ccccc1.CN(C)c1ccccc1. The first-order valence-electron chi connectivity index (χ1n) is 19.8. The smallest absolute Gasteiger partial charge is 0.303 e. The Morgan fingerprint density at radius 3 is 1.33 bits per heavy atom. The second kappa shape index (κ2) is 25.3. The zero-order valence-electron chi connectivity index (χ0n) is 33.2. The highest BCUT2D eigenvalue weighted by Gasteiger charge is 2.35. The Morgan fingerprint density at radius 1 is 0.588 bits per heavy atom. The van der Waals surface area contributed by atoms with Gasteiger partial charge in [0.25, 0.3) is 0 Å². The molecule has 0 fully saturated rings. The van der Waals surface area contributed by atoms with Gasteiger partial charge in [0.05, 0.1) is 12.2 Å². The number of unbranched alkanes of at least 4 members (excludes halogenated alkanes) is 9. The van der Waals surface area contributed by atoms with Crippen molar-refractivity contribution in [1.82, 2.24) is 0 Å². The molecular weight excluding hydrogens is 663 g/mol. The van der Waals surface area contributed by atoms with E-state index in [0.717, 1.165) is 57.0 Å². The Balaban J connectivity index is 0.000000865. The van der Waals surface area contributed by atoms with Gasteiger partial charge in [-0.25, -0.2) is 0 Å². The number of benzene rings is 3. The van der Waals surface area contributed by atoms with Crippen LogP contribution in [0.25, 0.3) is 0 Å². The van der Waals surface area contributed by atoms with Crippen molar-refractivity contribution in [1.29, 1.82) is 0 Å². The van der Waals surface area contributed by atoms with E-state index in [4.69, 9.17) is 14.0 Å². The number of hydrogen-bond acceptors (Lipinski definition) is 4. The van der Waals surface area contributed by atoms with Crippen LogP contribution in [0, 0.1) is 0 Å². The summed E-state index contributed by atoms with van der Waals surface area (Å²) in [6.07, 6.45) is 15.4. The van der Waals surface area contributed by atoms with Crippen LogP contribution in [0.3, 0.4) is 0 Å². The van der Waals surface area contributed by atoms with Gasteiger partial charge in [0, 0.05) is 26.2 Å². The van der Waals surface area contributed by atoms with Gasteiger partial charge in [0.15, 0.2) is 16.6 Å². The van der Waals surface area contributed by atoms with E-state index in [1.165, 1.54) is 55.3 Å². The van der Waals surface area contributed by atoms with Gasteiger partial charge in [-0.3, -0.25) is 4.79 Å². The third kappa shape index (κ3) is 21.4. The molecule has 0 saturated carbocycles. The summed E-state index contributed by atoms with van der Waals surface area (Å²) in [5.74, 6) is -0.689. The van der Waals surface area contributed by atoms with Gasteiger partial charge in [-0.2, -0.15) is 0 Å². The third-order valence-corrected chi connectivity index (χ3v) is 13.7. The Labute approximate surface area is 314 Å². The first kappa shape index (κ1) is 44.4. The Kier molecular flexibility index (Phi) is 22.0. The van der Waals surface area contributed by atoms with E-state index in [9.17, 15) is 4.79 Å². The number of carboxylic acid groups (broad SMARTS) is 1. The summed E-state index contributed by atoms with van der Waals surface area (Å²) in [6, 6.07) is 33.9. The van der Waals surface area contributed by atoms with E-state index in [1.54, 1.807) is 0 Å². The average Bonchev–Trinajstić information content (AvgIpc) is 3.09. The molecule has 0 aliphatic rings. The molecule has 0 spiro atoms. The molecule has 51 heavy (non-hydrogen) atoms. The minimum atomic E-state index is -2.01. The van der Waals surface area contributed by atoms with Gasteiger partial charge >= 0.3 is 5.97 Å². The van der Waals surface area contributed by atoms with Crippen LogP contribution in [0.15, 0.2) is 91.0 Å². The normalized spacial score (nSPS) is 12.8. The molecule has 3 aromatic carbocycles. The summed E-state index contributed by atoms with van der Waals surface area (Å²) in [6.45, 7) is 11.8. The van der Waals surface area contributed by atoms with E-state index in [2.05, 4.69) is 111 Å². The molecule has 7 heteroatoms. The van der Waals surface area contributed by atoms with Crippen molar-refractivity contribution < 1.29 is 18.8 Å². The lowest BCUT2D eigenvalue weighted by molar-refractivity contribution is -0.137. The molecule has 0 aromatic heterocycles. The fraction of sp³-hybridized carbons (Fsp3) is 0.568. The molecule has 2 atom stereocenters. The van der Waals surface area contributed by atoms with Gasteiger partial charge in [0.2, 0.25) is 0 Å². The van der Waals surface area contributed by atoms with Crippen LogP contribution >= 0.6 is 0 Å². The molecule has 0 saturated heterocycles. The summed E-state index contributed by atoms with van der Waals surface area (Å²) < 4.78 is 14.4. The molecule has 3 rings (SSSR count). The topological polar surface area (TPSA) is 59.0 Å². The number of carbonyl (C=O) groups is 1. The van der Waals surface area contributed by atoms with Gasteiger partial charge < -0.3 is 18.9 Å². The number of carboxylic acids is 1. The van der Waals surface area contributed by atoms with Crippen molar-refractivity contribution in [2.75, 3.05) is 19.0 Å². The molecule has 1 N–H and O–H groups in total. The Morgan fingerprint density at radius 2 is 0.961 bits per heavy atom. The monoisotopic (exact) mass is 733 g/mol. The van der Waals surface area contributed by atoms with Crippen molar-refractivity contribution in [3.05, 3.63) is 102 Å². The van der Waals surface area contributed by atoms with Crippen LogP contribution in [0.5, 0.6) is 0 Å². The van der Waals surface area contributed by atoms with E-state index >= 15 is 0 Å². The molecule has 0 radical (unpaired) electrons. The van der Waals surface area contributed by atoms with Crippen LogP contribution < -0.4 is 4.90 Å². The molecular formula is C44H71NO4Si2. The number of para-hydroxylation sites is 1. The molecule has 0 amide bonds. The highest BCUT2D eigenvalue weighted by Crippen LogP contribution is 2.28. The second-order valence-corrected chi connectivity index (χ2v) is 23.9. The lowest BCUT2D eigenvalue weighted by atomic mass is 9.99. The quantitative estimate of drug-likeness (QED) is 0.0694. The summed E-state index contributed by atoms with van der Waals surface area (Å²) in [5, 5.41) is 8.96.